The third-order valence-corrected chi connectivity index (χ3v) is 4.36. The molecule has 0 aliphatic heterocycles. The van der Waals surface area contributed by atoms with Crippen molar-refractivity contribution in [1.29, 1.82) is 0 Å². The van der Waals surface area contributed by atoms with Gasteiger partial charge in [-0.1, -0.05) is 13.8 Å². The number of nitrogens with one attached hydrogen (secondary N) is 2. The molecule has 1 aliphatic rings. The van der Waals surface area contributed by atoms with E-state index in [9.17, 15) is 4.79 Å². The molecule has 25 heavy (non-hydrogen) atoms. The Kier molecular flexibility index (Phi) is 5.26. The minimum Gasteiger partial charge on any atom is -0.497 e. The second kappa shape index (κ2) is 7.59. The van der Waals surface area contributed by atoms with E-state index in [1.54, 1.807) is 25.3 Å². The summed E-state index contributed by atoms with van der Waals surface area (Å²) in [5.74, 6) is 1.50. The molecule has 0 unspecified atom stereocenters. The van der Waals surface area contributed by atoms with E-state index in [4.69, 9.17) is 9.47 Å². The number of hydrogen-bond donors (Lipinski definition) is 2. The summed E-state index contributed by atoms with van der Waals surface area (Å²) in [6.45, 7) is 4.70. The average molecular weight is 343 g/mol. The number of amides is 1. The number of aromatic amines is 1. The van der Waals surface area contributed by atoms with E-state index in [2.05, 4.69) is 29.4 Å². The van der Waals surface area contributed by atoms with Crippen molar-refractivity contribution in [3.63, 3.8) is 0 Å². The van der Waals surface area contributed by atoms with Crippen molar-refractivity contribution in [2.75, 3.05) is 13.7 Å². The van der Waals surface area contributed by atoms with E-state index < -0.39 is 0 Å². The van der Waals surface area contributed by atoms with Gasteiger partial charge in [0.15, 0.2) is 0 Å². The molecule has 0 saturated heterocycles. The maximum Gasteiger partial charge on any atom is 0.255 e. The highest BCUT2D eigenvalue weighted by Gasteiger charge is 2.23. The predicted molar refractivity (Wildman–Crippen MR) is 95.2 cm³/mol. The van der Waals surface area contributed by atoms with Crippen LogP contribution in [0.2, 0.25) is 0 Å². The number of aryl methyl sites for hydroxylation is 1. The Bertz CT molecular complexity index is 739. The summed E-state index contributed by atoms with van der Waals surface area (Å²) in [5, 5.41) is 10.2. The van der Waals surface area contributed by atoms with Crippen molar-refractivity contribution in [2.45, 2.75) is 39.2 Å². The third kappa shape index (κ3) is 4.13. The van der Waals surface area contributed by atoms with Crippen molar-refractivity contribution in [3.8, 4) is 11.5 Å². The number of methoxy groups -OCH3 is 1. The molecule has 1 heterocycles. The van der Waals surface area contributed by atoms with Gasteiger partial charge in [0.1, 0.15) is 11.5 Å². The van der Waals surface area contributed by atoms with Crippen LogP contribution in [-0.2, 0) is 12.8 Å². The molecule has 6 heteroatoms. The highest BCUT2D eigenvalue weighted by atomic mass is 16.5. The number of benzene rings is 1. The van der Waals surface area contributed by atoms with E-state index in [0.29, 0.717) is 29.6 Å². The van der Waals surface area contributed by atoms with Crippen LogP contribution in [0.1, 0.15) is 41.9 Å². The summed E-state index contributed by atoms with van der Waals surface area (Å²) in [4.78, 5) is 12.8. The SMILES string of the molecule is COc1ccc(C(=O)N[C@@H]2CCc3[nH]ncc3C2)c(OCC(C)C)c1. The summed E-state index contributed by atoms with van der Waals surface area (Å²) in [6, 6.07) is 5.42. The van der Waals surface area contributed by atoms with Gasteiger partial charge in [0.25, 0.3) is 5.91 Å². The molecule has 1 aliphatic carbocycles. The number of nitrogens with zero attached hydrogens (tertiary/aromatic N) is 1. The predicted octanol–water partition coefficient (Wildman–Crippen LogP) is 2.74. The van der Waals surface area contributed by atoms with Gasteiger partial charge < -0.3 is 14.8 Å². The zero-order valence-corrected chi connectivity index (χ0v) is 15.0. The standard InChI is InChI=1S/C19H25N3O3/c1-12(2)11-25-18-9-15(24-3)5-6-16(18)19(23)21-14-4-7-17-13(8-14)10-20-22-17/h5-6,9-10,12,14H,4,7-8,11H2,1-3H3,(H,20,22)(H,21,23)/t14-/m1/s1. The molecule has 0 fully saturated rings. The molecule has 3 rings (SSSR count). The lowest BCUT2D eigenvalue weighted by molar-refractivity contribution is 0.0928. The van der Waals surface area contributed by atoms with Crippen LogP contribution in [0.3, 0.4) is 0 Å². The van der Waals surface area contributed by atoms with Crippen LogP contribution < -0.4 is 14.8 Å². The second-order valence-corrected chi connectivity index (χ2v) is 6.85. The number of carbonyl (C=O) groups is 1. The lowest BCUT2D eigenvalue weighted by Gasteiger charge is -2.23. The molecule has 2 aromatic rings. The van der Waals surface area contributed by atoms with Crippen LogP contribution in [0.15, 0.2) is 24.4 Å². The normalized spacial score (nSPS) is 16.4. The number of carbonyl (C=O) groups excluding carboxylic acids is 1. The van der Waals surface area contributed by atoms with Crippen LogP contribution in [0.5, 0.6) is 11.5 Å². The van der Waals surface area contributed by atoms with Gasteiger partial charge in [-0.2, -0.15) is 5.10 Å². The van der Waals surface area contributed by atoms with Crippen molar-refractivity contribution >= 4 is 5.91 Å². The molecule has 1 aromatic heterocycles. The van der Waals surface area contributed by atoms with E-state index in [1.165, 1.54) is 11.3 Å². The first-order chi connectivity index (χ1) is 12.1. The van der Waals surface area contributed by atoms with Crippen LogP contribution in [-0.4, -0.2) is 35.9 Å². The Morgan fingerprint density at radius 2 is 2.28 bits per heavy atom. The number of fused-ring (bicyclic) bond motifs is 1. The summed E-state index contributed by atoms with van der Waals surface area (Å²) in [5.41, 5.74) is 2.90. The van der Waals surface area contributed by atoms with Gasteiger partial charge in [0, 0.05) is 17.8 Å². The molecule has 1 amide bonds. The molecule has 0 spiro atoms. The fourth-order valence-electron chi connectivity index (χ4n) is 3.00. The zero-order valence-electron chi connectivity index (χ0n) is 15.0. The van der Waals surface area contributed by atoms with Crippen LogP contribution in [0, 0.1) is 5.92 Å². The largest absolute Gasteiger partial charge is 0.497 e. The third-order valence-electron chi connectivity index (χ3n) is 4.36. The van der Waals surface area contributed by atoms with Crippen LogP contribution in [0.4, 0.5) is 0 Å². The first-order valence-electron chi connectivity index (χ1n) is 8.69. The summed E-state index contributed by atoms with van der Waals surface area (Å²) in [7, 11) is 1.60. The van der Waals surface area contributed by atoms with Crippen LogP contribution >= 0.6 is 0 Å². The highest BCUT2D eigenvalue weighted by molar-refractivity contribution is 5.97. The van der Waals surface area contributed by atoms with Gasteiger partial charge in [0.05, 0.1) is 25.5 Å². The minimum atomic E-state index is -0.113. The molecule has 1 aromatic carbocycles. The molecule has 0 saturated carbocycles. The van der Waals surface area contributed by atoms with Crippen molar-refractivity contribution in [2.24, 2.45) is 5.92 Å². The van der Waals surface area contributed by atoms with Crippen molar-refractivity contribution in [3.05, 3.63) is 41.2 Å². The quantitative estimate of drug-likeness (QED) is 0.845. The summed E-state index contributed by atoms with van der Waals surface area (Å²) >= 11 is 0. The topological polar surface area (TPSA) is 76.2 Å². The van der Waals surface area contributed by atoms with Crippen LogP contribution in [0.25, 0.3) is 0 Å². The van der Waals surface area contributed by atoms with Gasteiger partial charge in [-0.3, -0.25) is 9.89 Å². The molecule has 134 valence electrons. The molecule has 6 nitrogen and oxygen atoms in total. The van der Waals surface area contributed by atoms with Gasteiger partial charge in [-0.05, 0) is 42.9 Å². The fraction of sp³-hybridized carbons (Fsp3) is 0.474. The molecular formula is C19H25N3O3. The van der Waals surface area contributed by atoms with Gasteiger partial charge in [0.2, 0.25) is 0 Å². The first kappa shape index (κ1) is 17.3. The number of ether oxygens (including phenoxy) is 2. The number of H-pyrrole nitrogens is 1. The summed E-state index contributed by atoms with van der Waals surface area (Å²) < 4.78 is 11.1. The van der Waals surface area contributed by atoms with Crippen molar-refractivity contribution in [1.82, 2.24) is 15.5 Å². The molecule has 2 N–H and O–H groups in total. The monoisotopic (exact) mass is 343 g/mol. The number of hydrogen-bond acceptors (Lipinski definition) is 4. The Labute approximate surface area is 147 Å². The fourth-order valence-corrected chi connectivity index (χ4v) is 3.00. The maximum atomic E-state index is 12.8. The van der Waals surface area contributed by atoms with E-state index in [0.717, 1.165) is 19.3 Å². The zero-order chi connectivity index (χ0) is 17.8. The molecular weight excluding hydrogens is 318 g/mol. The minimum absolute atomic E-state index is 0.109. The Balaban J connectivity index is 1.72. The smallest absolute Gasteiger partial charge is 0.255 e. The summed E-state index contributed by atoms with van der Waals surface area (Å²) in [6.07, 6.45) is 4.45. The lowest BCUT2D eigenvalue weighted by Crippen LogP contribution is -2.38. The van der Waals surface area contributed by atoms with Gasteiger partial charge in [-0.25, -0.2) is 0 Å². The second-order valence-electron chi connectivity index (χ2n) is 6.85. The molecule has 0 bridgehead atoms. The van der Waals surface area contributed by atoms with Gasteiger partial charge in [-0.15, -0.1) is 0 Å². The maximum absolute atomic E-state index is 12.8. The first-order valence-corrected chi connectivity index (χ1v) is 8.69. The molecule has 0 radical (unpaired) electrons. The van der Waals surface area contributed by atoms with E-state index in [-0.39, 0.29) is 11.9 Å². The Morgan fingerprint density at radius 3 is 3.04 bits per heavy atom. The number of rotatable bonds is 6. The number of aromatic nitrogens is 2. The van der Waals surface area contributed by atoms with Gasteiger partial charge >= 0.3 is 0 Å². The molecule has 1 atom stereocenters. The van der Waals surface area contributed by atoms with Crippen molar-refractivity contribution < 1.29 is 14.3 Å². The van der Waals surface area contributed by atoms with E-state index >= 15 is 0 Å². The Morgan fingerprint density at radius 1 is 1.44 bits per heavy atom. The highest BCUT2D eigenvalue weighted by Crippen LogP contribution is 2.26. The van der Waals surface area contributed by atoms with E-state index in [1.807, 2.05) is 6.20 Å². The lowest BCUT2D eigenvalue weighted by atomic mass is 9.93. The average Bonchev–Trinajstić information content (AvgIpc) is 3.07. The Hall–Kier alpha value is -2.50.